The van der Waals surface area contributed by atoms with Crippen LogP contribution in [0.5, 0.6) is 0 Å². The molecule has 0 aromatic heterocycles. The second kappa shape index (κ2) is 4.37. The molecule has 19 heavy (non-hydrogen) atoms. The standard InChI is InChI=1S/C15H19ClN2O/c16-13-7-11(15-8-12(15)9-17-10-15)1-2-14(13)18-3-5-19-6-4-18/h1-2,7,12,17H,3-6,8-10H2. The second-order valence-corrected chi connectivity index (χ2v) is 6.36. The van der Waals surface area contributed by atoms with Gasteiger partial charge in [0.15, 0.2) is 0 Å². The Kier molecular flexibility index (Phi) is 2.76. The van der Waals surface area contributed by atoms with Gasteiger partial charge in [-0.05, 0) is 36.6 Å². The number of ether oxygens (including phenoxy) is 1. The third-order valence-corrected chi connectivity index (χ3v) is 5.24. The Balaban J connectivity index is 1.61. The third kappa shape index (κ3) is 1.87. The molecule has 0 radical (unpaired) electrons. The number of rotatable bonds is 2. The molecule has 2 aliphatic heterocycles. The van der Waals surface area contributed by atoms with Crippen LogP contribution in [-0.4, -0.2) is 39.4 Å². The summed E-state index contributed by atoms with van der Waals surface area (Å²) in [6.07, 6.45) is 1.33. The number of piperidine rings is 1. The van der Waals surface area contributed by atoms with Crippen LogP contribution in [0, 0.1) is 5.92 Å². The Hall–Kier alpha value is -0.770. The van der Waals surface area contributed by atoms with Gasteiger partial charge < -0.3 is 15.0 Å². The van der Waals surface area contributed by atoms with E-state index in [-0.39, 0.29) is 0 Å². The number of nitrogens with one attached hydrogen (secondary N) is 1. The Bertz CT molecular complexity index is 501. The number of benzene rings is 1. The largest absolute Gasteiger partial charge is 0.378 e. The van der Waals surface area contributed by atoms with Crippen molar-refractivity contribution in [3.63, 3.8) is 0 Å². The van der Waals surface area contributed by atoms with Gasteiger partial charge in [0, 0.05) is 25.0 Å². The van der Waals surface area contributed by atoms with Gasteiger partial charge in [-0.1, -0.05) is 17.7 Å². The maximum atomic E-state index is 6.52. The molecule has 4 rings (SSSR count). The molecule has 1 saturated carbocycles. The van der Waals surface area contributed by atoms with E-state index in [4.69, 9.17) is 16.3 Å². The fraction of sp³-hybridized carbons (Fsp3) is 0.600. The van der Waals surface area contributed by atoms with Crippen molar-refractivity contribution >= 4 is 17.3 Å². The highest BCUT2D eigenvalue weighted by Gasteiger charge is 2.58. The van der Waals surface area contributed by atoms with E-state index in [2.05, 4.69) is 28.4 Å². The first-order valence-electron chi connectivity index (χ1n) is 7.13. The van der Waals surface area contributed by atoms with E-state index in [0.29, 0.717) is 5.41 Å². The molecule has 1 aromatic rings. The number of halogens is 1. The minimum absolute atomic E-state index is 0.396. The molecule has 3 fully saturated rings. The number of nitrogens with zero attached hydrogens (tertiary/aromatic N) is 1. The van der Waals surface area contributed by atoms with Crippen molar-refractivity contribution in [2.45, 2.75) is 11.8 Å². The van der Waals surface area contributed by atoms with Crippen LogP contribution in [0.4, 0.5) is 5.69 Å². The van der Waals surface area contributed by atoms with Crippen LogP contribution in [0.15, 0.2) is 18.2 Å². The molecule has 0 amide bonds. The fourth-order valence-corrected chi connectivity index (χ4v) is 3.97. The first-order valence-corrected chi connectivity index (χ1v) is 7.51. The van der Waals surface area contributed by atoms with Gasteiger partial charge in [0.2, 0.25) is 0 Å². The zero-order valence-corrected chi connectivity index (χ0v) is 11.7. The smallest absolute Gasteiger partial charge is 0.0642 e. The Labute approximate surface area is 118 Å². The third-order valence-electron chi connectivity index (χ3n) is 4.94. The van der Waals surface area contributed by atoms with Crippen LogP contribution in [0.25, 0.3) is 0 Å². The van der Waals surface area contributed by atoms with Gasteiger partial charge in [0.05, 0.1) is 23.9 Å². The SMILES string of the molecule is Clc1cc(C23CNCC2C3)ccc1N1CCOCC1. The minimum atomic E-state index is 0.396. The average Bonchev–Trinajstić information content (AvgIpc) is 3.02. The van der Waals surface area contributed by atoms with Crippen LogP contribution < -0.4 is 10.2 Å². The van der Waals surface area contributed by atoms with Gasteiger partial charge in [0.25, 0.3) is 0 Å². The Morgan fingerprint density at radius 3 is 2.79 bits per heavy atom. The van der Waals surface area contributed by atoms with Crippen LogP contribution in [0.3, 0.4) is 0 Å². The molecule has 3 aliphatic rings. The lowest BCUT2D eigenvalue weighted by Crippen LogP contribution is -2.36. The summed E-state index contributed by atoms with van der Waals surface area (Å²) in [5, 5.41) is 4.38. The summed E-state index contributed by atoms with van der Waals surface area (Å²) in [4.78, 5) is 2.32. The first kappa shape index (κ1) is 12.0. The van der Waals surface area contributed by atoms with Crippen LogP contribution >= 0.6 is 11.6 Å². The predicted molar refractivity (Wildman–Crippen MR) is 77.1 cm³/mol. The summed E-state index contributed by atoms with van der Waals surface area (Å²) >= 11 is 6.52. The van der Waals surface area contributed by atoms with Gasteiger partial charge in [-0.25, -0.2) is 0 Å². The summed E-state index contributed by atoms with van der Waals surface area (Å²) in [7, 11) is 0. The molecule has 0 bridgehead atoms. The number of hydrogen-bond acceptors (Lipinski definition) is 3. The highest BCUT2D eigenvalue weighted by molar-refractivity contribution is 6.33. The molecule has 0 spiro atoms. The summed E-state index contributed by atoms with van der Waals surface area (Å²) in [5.41, 5.74) is 2.98. The van der Waals surface area contributed by atoms with Crippen LogP contribution in [-0.2, 0) is 10.2 Å². The minimum Gasteiger partial charge on any atom is -0.378 e. The van der Waals surface area contributed by atoms with E-state index in [9.17, 15) is 0 Å². The first-order chi connectivity index (χ1) is 9.29. The highest BCUT2D eigenvalue weighted by atomic mass is 35.5. The van der Waals surface area contributed by atoms with E-state index in [1.54, 1.807) is 0 Å². The Morgan fingerprint density at radius 1 is 1.32 bits per heavy atom. The molecular formula is C15H19ClN2O. The van der Waals surface area contributed by atoms with E-state index in [0.717, 1.165) is 49.5 Å². The van der Waals surface area contributed by atoms with E-state index < -0.39 is 0 Å². The molecule has 4 heteroatoms. The van der Waals surface area contributed by atoms with Crippen molar-refractivity contribution in [3.05, 3.63) is 28.8 Å². The second-order valence-electron chi connectivity index (χ2n) is 5.95. The molecule has 1 aromatic carbocycles. The topological polar surface area (TPSA) is 24.5 Å². The Morgan fingerprint density at radius 2 is 2.16 bits per heavy atom. The molecule has 1 N–H and O–H groups in total. The maximum absolute atomic E-state index is 6.52. The molecule has 2 atom stereocenters. The molecule has 2 heterocycles. The number of hydrogen-bond donors (Lipinski definition) is 1. The lowest BCUT2D eigenvalue weighted by atomic mass is 9.95. The fourth-order valence-electron chi connectivity index (χ4n) is 3.67. The summed E-state index contributed by atoms with van der Waals surface area (Å²) in [6.45, 7) is 5.76. The molecule has 2 unspecified atom stereocenters. The molecular weight excluding hydrogens is 260 g/mol. The van der Waals surface area contributed by atoms with Gasteiger partial charge in [0.1, 0.15) is 0 Å². The van der Waals surface area contributed by atoms with Crippen molar-refractivity contribution in [1.29, 1.82) is 0 Å². The van der Waals surface area contributed by atoms with E-state index in [1.165, 1.54) is 18.5 Å². The van der Waals surface area contributed by atoms with E-state index in [1.807, 2.05) is 0 Å². The van der Waals surface area contributed by atoms with Crippen molar-refractivity contribution in [3.8, 4) is 0 Å². The zero-order chi connectivity index (χ0) is 12.9. The van der Waals surface area contributed by atoms with Crippen molar-refractivity contribution in [1.82, 2.24) is 5.32 Å². The molecule has 3 nitrogen and oxygen atoms in total. The van der Waals surface area contributed by atoms with Crippen molar-refractivity contribution < 1.29 is 4.74 Å². The van der Waals surface area contributed by atoms with Crippen molar-refractivity contribution in [2.24, 2.45) is 5.92 Å². The van der Waals surface area contributed by atoms with Gasteiger partial charge >= 0.3 is 0 Å². The molecule has 102 valence electrons. The van der Waals surface area contributed by atoms with Gasteiger partial charge in [-0.2, -0.15) is 0 Å². The lowest BCUT2D eigenvalue weighted by Gasteiger charge is -2.30. The number of morpholine rings is 1. The quantitative estimate of drug-likeness (QED) is 0.896. The normalized spacial score (nSPS) is 33.3. The van der Waals surface area contributed by atoms with Crippen LogP contribution in [0.1, 0.15) is 12.0 Å². The highest BCUT2D eigenvalue weighted by Crippen LogP contribution is 2.57. The number of anilines is 1. The zero-order valence-electron chi connectivity index (χ0n) is 11.0. The van der Waals surface area contributed by atoms with Gasteiger partial charge in [-0.3, -0.25) is 0 Å². The van der Waals surface area contributed by atoms with Crippen molar-refractivity contribution in [2.75, 3.05) is 44.3 Å². The predicted octanol–water partition coefficient (Wildman–Crippen LogP) is 2.04. The van der Waals surface area contributed by atoms with E-state index >= 15 is 0 Å². The monoisotopic (exact) mass is 278 g/mol. The van der Waals surface area contributed by atoms with Gasteiger partial charge in [-0.15, -0.1) is 0 Å². The van der Waals surface area contributed by atoms with Crippen LogP contribution in [0.2, 0.25) is 5.02 Å². The lowest BCUT2D eigenvalue weighted by molar-refractivity contribution is 0.122. The summed E-state index contributed by atoms with van der Waals surface area (Å²) in [5.74, 6) is 0.831. The average molecular weight is 279 g/mol. The maximum Gasteiger partial charge on any atom is 0.0642 e. The number of fused-ring (bicyclic) bond motifs is 1. The molecule has 1 aliphatic carbocycles. The molecule has 2 saturated heterocycles. The summed E-state index contributed by atoms with van der Waals surface area (Å²) < 4.78 is 5.40. The summed E-state index contributed by atoms with van der Waals surface area (Å²) in [6, 6.07) is 6.68.